The highest BCUT2D eigenvalue weighted by Gasteiger charge is 2.54. The smallest absolute Gasteiger partial charge is 0.419 e. The van der Waals surface area contributed by atoms with Crippen LogP contribution in [-0.2, 0) is 37.6 Å². The van der Waals surface area contributed by atoms with Crippen molar-refractivity contribution < 1.29 is 23.8 Å². The summed E-state index contributed by atoms with van der Waals surface area (Å²) in [5.41, 5.74) is 2.93. The third-order valence-electron chi connectivity index (χ3n) is 8.54. The molecule has 0 radical (unpaired) electrons. The molecule has 2 bridgehead atoms. The number of hydrogen-bond donors (Lipinski definition) is 1. The highest BCUT2D eigenvalue weighted by Crippen LogP contribution is 2.50. The van der Waals surface area contributed by atoms with Gasteiger partial charge in [-0.2, -0.15) is 0 Å². The molecule has 1 aliphatic carbocycles. The van der Waals surface area contributed by atoms with Crippen molar-refractivity contribution in [3.8, 4) is 0 Å². The summed E-state index contributed by atoms with van der Waals surface area (Å²) in [4.78, 5) is 28.3. The fourth-order valence-electron chi connectivity index (χ4n) is 6.77. The number of fused-ring (bicyclic) bond motifs is 7. The molecule has 1 saturated heterocycles. The quantitative estimate of drug-likeness (QED) is 0.249. The molecule has 1 aromatic heterocycles. The largest absolute Gasteiger partial charge is 0.443 e. The van der Waals surface area contributed by atoms with Crippen LogP contribution in [0.25, 0.3) is 10.9 Å². The van der Waals surface area contributed by atoms with E-state index in [-0.39, 0.29) is 25.0 Å². The van der Waals surface area contributed by atoms with Gasteiger partial charge in [-0.05, 0) is 56.5 Å². The summed E-state index contributed by atoms with van der Waals surface area (Å²) < 4.78 is 20.8. The predicted octanol–water partition coefficient (Wildman–Crippen LogP) is 6.72. The molecule has 0 saturated carbocycles. The average molecular weight is 581 g/mol. The standard InChI is InChI=1S/C36H40N2O5/c1-35(2,3)43-34(40)38-30-17-11-10-16-27(30)32-29-20-31(39)28(18-19-37-29)36(33(32)38,23-41-21-25-12-6-4-7-13-25)24-42-22-26-14-8-5-9-15-26/h4-17,28-29,37H,18-24H2,1-3H3/t28-,29?/m1/s1. The number of aromatic nitrogens is 1. The Bertz CT molecular complexity index is 1540. The molecule has 1 N–H and O–H groups in total. The monoisotopic (exact) mass is 580 g/mol. The second-order valence-corrected chi connectivity index (χ2v) is 12.7. The van der Waals surface area contributed by atoms with Crippen LogP contribution in [0.15, 0.2) is 84.9 Å². The Kier molecular flexibility index (Phi) is 8.23. The molecule has 224 valence electrons. The van der Waals surface area contributed by atoms with Crippen LogP contribution in [0.1, 0.15) is 62.0 Å². The van der Waals surface area contributed by atoms with E-state index >= 15 is 0 Å². The molecule has 0 amide bonds. The molecular formula is C36H40N2O5. The number of para-hydroxylation sites is 1. The minimum absolute atomic E-state index is 0.164. The van der Waals surface area contributed by atoms with E-state index in [1.807, 2.05) is 106 Å². The zero-order valence-corrected chi connectivity index (χ0v) is 25.2. The second kappa shape index (κ2) is 12.1. The van der Waals surface area contributed by atoms with Crippen molar-refractivity contribution in [2.45, 2.75) is 63.9 Å². The summed E-state index contributed by atoms with van der Waals surface area (Å²) in [6, 6.07) is 27.7. The van der Waals surface area contributed by atoms with Gasteiger partial charge < -0.3 is 19.5 Å². The van der Waals surface area contributed by atoms with Crippen molar-refractivity contribution in [2.24, 2.45) is 5.92 Å². The fourth-order valence-corrected chi connectivity index (χ4v) is 6.77. The van der Waals surface area contributed by atoms with Crippen molar-refractivity contribution >= 4 is 22.8 Å². The van der Waals surface area contributed by atoms with Gasteiger partial charge >= 0.3 is 6.09 Å². The molecule has 0 spiro atoms. The van der Waals surface area contributed by atoms with Crippen LogP contribution in [-0.4, -0.2) is 41.8 Å². The summed E-state index contributed by atoms with van der Waals surface area (Å²) in [5.74, 6) is -0.249. The maximum absolute atomic E-state index is 14.2. The van der Waals surface area contributed by atoms with Crippen LogP contribution < -0.4 is 5.32 Å². The Morgan fingerprint density at radius 3 is 2.07 bits per heavy atom. The molecule has 3 aromatic carbocycles. The number of carbonyl (C=O) groups is 2. The van der Waals surface area contributed by atoms with E-state index in [2.05, 4.69) is 5.32 Å². The van der Waals surface area contributed by atoms with Crippen molar-refractivity contribution in [2.75, 3.05) is 19.8 Å². The normalized spacial score (nSPS) is 19.6. The molecule has 6 rings (SSSR count). The molecule has 7 nitrogen and oxygen atoms in total. The Hall–Kier alpha value is -3.78. The Labute approximate surface area is 253 Å². The van der Waals surface area contributed by atoms with Gasteiger partial charge in [0.25, 0.3) is 0 Å². The fraction of sp³-hybridized carbons (Fsp3) is 0.389. The molecule has 2 atom stereocenters. The van der Waals surface area contributed by atoms with Crippen molar-refractivity contribution in [1.82, 2.24) is 9.88 Å². The van der Waals surface area contributed by atoms with Crippen LogP contribution >= 0.6 is 0 Å². The predicted molar refractivity (Wildman–Crippen MR) is 166 cm³/mol. The van der Waals surface area contributed by atoms with Crippen LogP contribution in [0, 0.1) is 5.92 Å². The van der Waals surface area contributed by atoms with E-state index < -0.39 is 23.0 Å². The molecule has 7 heteroatoms. The lowest BCUT2D eigenvalue weighted by Gasteiger charge is -2.41. The van der Waals surface area contributed by atoms with E-state index in [0.717, 1.165) is 33.3 Å². The van der Waals surface area contributed by atoms with E-state index in [1.165, 1.54) is 0 Å². The third-order valence-corrected chi connectivity index (χ3v) is 8.54. The van der Waals surface area contributed by atoms with Crippen LogP contribution in [0.5, 0.6) is 0 Å². The number of nitrogens with one attached hydrogen (secondary N) is 1. The lowest BCUT2D eigenvalue weighted by molar-refractivity contribution is -0.128. The number of nitrogens with zero attached hydrogens (tertiary/aromatic N) is 1. The van der Waals surface area contributed by atoms with Gasteiger partial charge in [0.2, 0.25) is 0 Å². The molecule has 4 aromatic rings. The highest BCUT2D eigenvalue weighted by molar-refractivity contribution is 5.97. The summed E-state index contributed by atoms with van der Waals surface area (Å²) in [6.07, 6.45) is 0.500. The number of Topliss-reactive ketones (excluding diaryl/α,β-unsaturated/α-hetero) is 1. The summed E-state index contributed by atoms with van der Waals surface area (Å²) >= 11 is 0. The van der Waals surface area contributed by atoms with E-state index in [0.29, 0.717) is 32.6 Å². The van der Waals surface area contributed by atoms with Crippen LogP contribution in [0.4, 0.5) is 4.79 Å². The molecule has 2 heterocycles. The van der Waals surface area contributed by atoms with Gasteiger partial charge in [-0.1, -0.05) is 78.9 Å². The summed E-state index contributed by atoms with van der Waals surface area (Å²) in [5, 5.41) is 4.56. The number of rotatable bonds is 8. The Morgan fingerprint density at radius 2 is 1.47 bits per heavy atom. The number of ether oxygens (including phenoxy) is 3. The van der Waals surface area contributed by atoms with Gasteiger partial charge in [-0.25, -0.2) is 9.36 Å². The first-order chi connectivity index (χ1) is 20.8. The lowest BCUT2D eigenvalue weighted by atomic mass is 9.70. The topological polar surface area (TPSA) is 78.8 Å². The van der Waals surface area contributed by atoms with Crippen molar-refractivity contribution in [3.05, 3.63) is 107 Å². The van der Waals surface area contributed by atoms with Gasteiger partial charge in [0.15, 0.2) is 0 Å². The van der Waals surface area contributed by atoms with Crippen molar-refractivity contribution in [1.29, 1.82) is 0 Å². The number of hydrogen-bond acceptors (Lipinski definition) is 6. The SMILES string of the molecule is CC(C)(C)OC(=O)n1c2c(c3ccccc31)C1CC(=O)[C@@H](CCN1)C2(COCc1ccccc1)COCc1ccccc1. The highest BCUT2D eigenvalue weighted by atomic mass is 16.6. The minimum atomic E-state index is -0.928. The number of benzene rings is 3. The molecule has 1 unspecified atom stereocenters. The summed E-state index contributed by atoms with van der Waals surface area (Å²) in [7, 11) is 0. The lowest BCUT2D eigenvalue weighted by Crippen LogP contribution is -2.50. The number of ketones is 1. The molecule has 1 aliphatic heterocycles. The first-order valence-electron chi connectivity index (χ1n) is 15.1. The van der Waals surface area contributed by atoms with Gasteiger partial charge in [0.1, 0.15) is 11.4 Å². The molecule has 1 fully saturated rings. The molecular weight excluding hydrogens is 540 g/mol. The Balaban J connectivity index is 1.53. The molecule has 43 heavy (non-hydrogen) atoms. The third kappa shape index (κ3) is 5.90. The van der Waals surface area contributed by atoms with Gasteiger partial charge in [-0.3, -0.25) is 4.79 Å². The van der Waals surface area contributed by atoms with Crippen molar-refractivity contribution in [3.63, 3.8) is 0 Å². The maximum atomic E-state index is 14.2. The maximum Gasteiger partial charge on any atom is 0.419 e. The number of carbonyl (C=O) groups excluding carboxylic acids is 2. The minimum Gasteiger partial charge on any atom is -0.443 e. The Morgan fingerprint density at radius 1 is 0.884 bits per heavy atom. The van der Waals surface area contributed by atoms with E-state index in [9.17, 15) is 9.59 Å². The first kappa shape index (κ1) is 29.3. The van der Waals surface area contributed by atoms with E-state index in [4.69, 9.17) is 14.2 Å². The molecule has 2 aliphatic rings. The van der Waals surface area contributed by atoms with Gasteiger partial charge in [0.05, 0.1) is 37.4 Å². The average Bonchev–Trinajstić information content (AvgIpc) is 3.16. The second-order valence-electron chi connectivity index (χ2n) is 12.7. The van der Waals surface area contributed by atoms with Crippen LogP contribution in [0.3, 0.4) is 0 Å². The van der Waals surface area contributed by atoms with E-state index in [1.54, 1.807) is 4.57 Å². The summed E-state index contributed by atoms with van der Waals surface area (Å²) in [6.45, 7) is 7.48. The zero-order chi connectivity index (χ0) is 30.0. The van der Waals surface area contributed by atoms with Crippen LogP contribution in [0.2, 0.25) is 0 Å². The van der Waals surface area contributed by atoms with Gasteiger partial charge in [-0.15, -0.1) is 0 Å². The zero-order valence-electron chi connectivity index (χ0n) is 25.2. The van der Waals surface area contributed by atoms with Gasteiger partial charge in [0, 0.05) is 29.5 Å². The first-order valence-corrected chi connectivity index (χ1v) is 15.1.